The molecular formula is C14H11Cl2NO4. The molecule has 0 bridgehead atoms. The van der Waals surface area contributed by atoms with Gasteiger partial charge in [-0.15, -0.1) is 0 Å². The molecule has 2 aromatic rings. The number of rotatable bonds is 4. The minimum absolute atomic E-state index is 0.0218. The quantitative estimate of drug-likeness (QED) is 0.649. The molecule has 0 aromatic heterocycles. The second-order valence-electron chi connectivity index (χ2n) is 4.34. The van der Waals surface area contributed by atoms with Gasteiger partial charge in [-0.2, -0.15) is 0 Å². The predicted molar refractivity (Wildman–Crippen MR) is 80.3 cm³/mol. The van der Waals surface area contributed by atoms with E-state index in [1.807, 2.05) is 0 Å². The van der Waals surface area contributed by atoms with Crippen molar-refractivity contribution in [3.8, 4) is 11.5 Å². The van der Waals surface area contributed by atoms with Gasteiger partial charge in [-0.25, -0.2) is 0 Å². The summed E-state index contributed by atoms with van der Waals surface area (Å²) < 4.78 is 5.48. The number of benzene rings is 2. The molecule has 0 fully saturated rings. The topological polar surface area (TPSA) is 72.6 Å². The van der Waals surface area contributed by atoms with Crippen molar-refractivity contribution in [1.29, 1.82) is 0 Å². The number of nitro benzene ring substituents is 1. The van der Waals surface area contributed by atoms with E-state index in [2.05, 4.69) is 0 Å². The lowest BCUT2D eigenvalue weighted by atomic mass is 10.1. The average Bonchev–Trinajstić information content (AvgIpc) is 2.42. The predicted octanol–water partition coefficient (Wildman–Crippen LogP) is 4.75. The molecule has 0 saturated heterocycles. The first-order valence-corrected chi connectivity index (χ1v) is 6.73. The maximum absolute atomic E-state index is 11.1. The van der Waals surface area contributed by atoms with Crippen LogP contribution in [0.5, 0.6) is 11.5 Å². The molecule has 0 amide bonds. The molecule has 0 saturated carbocycles. The Morgan fingerprint density at radius 3 is 2.52 bits per heavy atom. The normalized spacial score (nSPS) is 12.0. The standard InChI is InChI=1S/C14H11Cl2NO4/c1-8(18)9-2-5-13(12(6-9)17(19)20)21-14-7-10(15)3-4-11(14)16/h2-8,18H,1H3/t8-/m0/s1. The Labute approximate surface area is 130 Å². The molecule has 2 aromatic carbocycles. The Bertz CT molecular complexity index is 689. The molecule has 1 atom stereocenters. The summed E-state index contributed by atoms with van der Waals surface area (Å²) in [4.78, 5) is 10.5. The van der Waals surface area contributed by atoms with Crippen LogP contribution in [0.1, 0.15) is 18.6 Å². The second kappa shape index (κ2) is 6.30. The molecule has 110 valence electrons. The summed E-state index contributed by atoms with van der Waals surface area (Å²) in [6, 6.07) is 8.81. The summed E-state index contributed by atoms with van der Waals surface area (Å²) in [6.07, 6.45) is -0.812. The van der Waals surface area contributed by atoms with Crippen molar-refractivity contribution in [2.45, 2.75) is 13.0 Å². The van der Waals surface area contributed by atoms with Gasteiger partial charge in [0.05, 0.1) is 16.0 Å². The van der Waals surface area contributed by atoms with Crippen LogP contribution in [0.4, 0.5) is 5.69 Å². The van der Waals surface area contributed by atoms with Crippen LogP contribution >= 0.6 is 23.2 Å². The molecule has 0 aliphatic heterocycles. The first-order chi connectivity index (χ1) is 9.88. The van der Waals surface area contributed by atoms with Gasteiger partial charge in [0, 0.05) is 17.2 Å². The zero-order valence-electron chi connectivity index (χ0n) is 10.9. The van der Waals surface area contributed by atoms with Crippen LogP contribution in [0.15, 0.2) is 36.4 Å². The molecule has 0 aliphatic carbocycles. The summed E-state index contributed by atoms with van der Waals surface area (Å²) in [5, 5.41) is 21.3. The Morgan fingerprint density at radius 1 is 1.19 bits per heavy atom. The zero-order valence-corrected chi connectivity index (χ0v) is 12.4. The van der Waals surface area contributed by atoms with Crippen LogP contribution < -0.4 is 4.74 Å². The highest BCUT2D eigenvalue weighted by Gasteiger charge is 2.19. The van der Waals surface area contributed by atoms with E-state index in [9.17, 15) is 15.2 Å². The highest BCUT2D eigenvalue weighted by Crippen LogP contribution is 2.37. The van der Waals surface area contributed by atoms with E-state index >= 15 is 0 Å². The summed E-state index contributed by atoms with van der Waals surface area (Å²) in [6.45, 7) is 1.52. The van der Waals surface area contributed by atoms with Gasteiger partial charge >= 0.3 is 5.69 Å². The molecule has 0 spiro atoms. The Morgan fingerprint density at radius 2 is 1.90 bits per heavy atom. The molecule has 0 aliphatic rings. The Hall–Kier alpha value is -1.82. The number of halogens is 2. The smallest absolute Gasteiger partial charge is 0.311 e. The highest BCUT2D eigenvalue weighted by molar-refractivity contribution is 6.34. The maximum atomic E-state index is 11.1. The lowest BCUT2D eigenvalue weighted by Crippen LogP contribution is -1.97. The third-order valence-corrected chi connectivity index (χ3v) is 3.32. The number of nitrogens with zero attached hydrogens (tertiary/aromatic N) is 1. The molecule has 7 heteroatoms. The maximum Gasteiger partial charge on any atom is 0.311 e. The van der Waals surface area contributed by atoms with Gasteiger partial charge in [0.1, 0.15) is 5.75 Å². The molecule has 21 heavy (non-hydrogen) atoms. The number of nitro groups is 1. The van der Waals surface area contributed by atoms with Gasteiger partial charge in [-0.05, 0) is 30.7 Å². The number of hydrogen-bond donors (Lipinski definition) is 1. The van der Waals surface area contributed by atoms with E-state index in [-0.39, 0.29) is 22.2 Å². The van der Waals surface area contributed by atoms with Gasteiger partial charge in [0.2, 0.25) is 5.75 Å². The van der Waals surface area contributed by atoms with Gasteiger partial charge in [0.25, 0.3) is 0 Å². The Balaban J connectivity index is 2.44. The highest BCUT2D eigenvalue weighted by atomic mass is 35.5. The molecule has 5 nitrogen and oxygen atoms in total. The van der Waals surface area contributed by atoms with E-state index < -0.39 is 11.0 Å². The minimum atomic E-state index is -0.812. The van der Waals surface area contributed by atoms with E-state index in [0.29, 0.717) is 10.6 Å². The largest absolute Gasteiger partial charge is 0.449 e. The molecule has 0 heterocycles. The van der Waals surface area contributed by atoms with Crippen LogP contribution in [0, 0.1) is 10.1 Å². The number of ether oxygens (including phenoxy) is 1. The number of hydrogen-bond acceptors (Lipinski definition) is 4. The van der Waals surface area contributed by atoms with Gasteiger partial charge < -0.3 is 9.84 Å². The third-order valence-electron chi connectivity index (χ3n) is 2.78. The Kier molecular flexibility index (Phi) is 4.67. The summed E-state index contributed by atoms with van der Waals surface area (Å²) in [5.41, 5.74) is 0.163. The van der Waals surface area contributed by atoms with E-state index in [1.165, 1.54) is 31.2 Å². The summed E-state index contributed by atoms with van der Waals surface area (Å²) in [7, 11) is 0. The van der Waals surface area contributed by atoms with Crippen LogP contribution in [0.25, 0.3) is 0 Å². The second-order valence-corrected chi connectivity index (χ2v) is 5.18. The van der Waals surface area contributed by atoms with Gasteiger partial charge in [-0.1, -0.05) is 29.3 Å². The van der Waals surface area contributed by atoms with Crippen molar-refractivity contribution in [2.24, 2.45) is 0 Å². The third kappa shape index (κ3) is 3.64. The van der Waals surface area contributed by atoms with Gasteiger partial charge in [0.15, 0.2) is 0 Å². The van der Waals surface area contributed by atoms with Crippen molar-refractivity contribution in [2.75, 3.05) is 0 Å². The monoisotopic (exact) mass is 327 g/mol. The average molecular weight is 328 g/mol. The first-order valence-electron chi connectivity index (χ1n) is 5.98. The summed E-state index contributed by atoms with van der Waals surface area (Å²) in [5.74, 6) is 0.241. The fourth-order valence-corrected chi connectivity index (χ4v) is 2.02. The minimum Gasteiger partial charge on any atom is -0.449 e. The molecular weight excluding hydrogens is 317 g/mol. The van der Waals surface area contributed by atoms with Gasteiger partial charge in [-0.3, -0.25) is 10.1 Å². The van der Waals surface area contributed by atoms with Crippen molar-refractivity contribution in [3.63, 3.8) is 0 Å². The SMILES string of the molecule is C[C@H](O)c1ccc(Oc2cc(Cl)ccc2Cl)c([N+](=O)[O-])c1. The van der Waals surface area contributed by atoms with Crippen LogP contribution in [-0.2, 0) is 0 Å². The van der Waals surface area contributed by atoms with Crippen LogP contribution in [0.2, 0.25) is 10.0 Å². The molecule has 2 rings (SSSR count). The lowest BCUT2D eigenvalue weighted by molar-refractivity contribution is -0.385. The fraction of sp³-hybridized carbons (Fsp3) is 0.143. The molecule has 0 radical (unpaired) electrons. The number of aliphatic hydroxyl groups is 1. The van der Waals surface area contributed by atoms with E-state index in [1.54, 1.807) is 12.1 Å². The summed E-state index contributed by atoms with van der Waals surface area (Å²) >= 11 is 11.8. The van der Waals surface area contributed by atoms with Crippen molar-refractivity contribution in [1.82, 2.24) is 0 Å². The van der Waals surface area contributed by atoms with Crippen LogP contribution in [0.3, 0.4) is 0 Å². The van der Waals surface area contributed by atoms with Crippen LogP contribution in [-0.4, -0.2) is 10.0 Å². The first kappa shape index (κ1) is 15.6. The lowest BCUT2D eigenvalue weighted by Gasteiger charge is -2.10. The zero-order chi connectivity index (χ0) is 15.6. The van der Waals surface area contributed by atoms with Crippen molar-refractivity contribution < 1.29 is 14.8 Å². The van der Waals surface area contributed by atoms with E-state index in [4.69, 9.17) is 27.9 Å². The molecule has 1 N–H and O–H groups in total. The number of aliphatic hydroxyl groups excluding tert-OH is 1. The van der Waals surface area contributed by atoms with Crippen molar-refractivity contribution in [3.05, 3.63) is 62.1 Å². The molecule has 0 unspecified atom stereocenters. The van der Waals surface area contributed by atoms with E-state index in [0.717, 1.165) is 0 Å². The fourth-order valence-electron chi connectivity index (χ4n) is 1.70. The van der Waals surface area contributed by atoms with Crippen molar-refractivity contribution >= 4 is 28.9 Å².